The average molecular weight is 419 g/mol. The second-order valence-corrected chi connectivity index (χ2v) is 6.87. The van der Waals surface area contributed by atoms with Gasteiger partial charge in [0.25, 0.3) is 0 Å². The minimum absolute atomic E-state index is 0.375. The number of alkyl carbamates (subject to hydrolysis) is 1. The Balaban J connectivity index is 2.71. The van der Waals surface area contributed by atoms with E-state index in [1.807, 2.05) is 39.0 Å². The molecule has 0 saturated heterocycles. The van der Waals surface area contributed by atoms with Gasteiger partial charge in [0.1, 0.15) is 11.4 Å². The van der Waals surface area contributed by atoms with Crippen LogP contribution in [0, 0.1) is 11.2 Å². The highest BCUT2D eigenvalue weighted by molar-refractivity contribution is 14.2. The molecule has 0 aromatic heterocycles. The first kappa shape index (κ1) is 18.0. The fourth-order valence-corrected chi connectivity index (χ4v) is 1.99. The first-order valence-electron chi connectivity index (χ1n) is 6.28. The van der Waals surface area contributed by atoms with Crippen LogP contribution in [0.3, 0.4) is 0 Å². The van der Waals surface area contributed by atoms with Crippen LogP contribution in [-0.2, 0) is 11.3 Å². The summed E-state index contributed by atoms with van der Waals surface area (Å²) in [5, 5.41) is 5.63. The summed E-state index contributed by atoms with van der Waals surface area (Å²) < 4.78 is 10.5. The highest BCUT2D eigenvalue weighted by Gasteiger charge is 2.15. The molecule has 114 valence electrons. The summed E-state index contributed by atoms with van der Waals surface area (Å²) in [5.41, 5.74) is 1.24. The van der Waals surface area contributed by atoms with Crippen molar-refractivity contribution in [3.8, 4) is 16.9 Å². The van der Waals surface area contributed by atoms with Gasteiger partial charge in [-0.2, -0.15) is 0 Å². The standard InChI is InChI=1S/C15H18INO3S/c1-15(2,3)20-14(18)17-10-11-5-6-12(7-8-21-16)13(9-11)19-4/h5-6,9H,10H2,1-4H3,(H,17,18). The van der Waals surface area contributed by atoms with E-state index in [4.69, 9.17) is 9.47 Å². The number of hydrogen-bond acceptors (Lipinski definition) is 4. The molecular weight excluding hydrogens is 401 g/mol. The number of nitrogens with one attached hydrogen (secondary N) is 1. The quantitative estimate of drug-likeness (QED) is 0.592. The summed E-state index contributed by atoms with van der Waals surface area (Å²) in [7, 11) is 3.02. The van der Waals surface area contributed by atoms with Gasteiger partial charge in [0.05, 0.1) is 12.7 Å². The zero-order chi connectivity index (χ0) is 15.9. The highest BCUT2D eigenvalue weighted by Crippen LogP contribution is 2.20. The summed E-state index contributed by atoms with van der Waals surface area (Å²) in [5.74, 6) is 3.70. The molecule has 1 aromatic carbocycles. The van der Waals surface area contributed by atoms with Gasteiger partial charge in [-0.1, -0.05) is 12.0 Å². The molecule has 21 heavy (non-hydrogen) atoms. The Morgan fingerprint density at radius 2 is 2.14 bits per heavy atom. The normalized spacial score (nSPS) is 10.3. The molecule has 0 atom stereocenters. The molecule has 0 aliphatic rings. The molecule has 1 amide bonds. The highest BCUT2D eigenvalue weighted by atomic mass is 127. The molecule has 1 N–H and O–H groups in total. The van der Waals surface area contributed by atoms with Crippen molar-refractivity contribution >= 4 is 36.2 Å². The van der Waals surface area contributed by atoms with E-state index in [0.717, 1.165) is 11.1 Å². The van der Waals surface area contributed by atoms with E-state index < -0.39 is 11.7 Å². The molecule has 0 heterocycles. The fraction of sp³-hybridized carbons (Fsp3) is 0.400. The lowest BCUT2D eigenvalue weighted by Crippen LogP contribution is -2.32. The van der Waals surface area contributed by atoms with Crippen molar-refractivity contribution < 1.29 is 14.3 Å². The minimum atomic E-state index is -0.502. The summed E-state index contributed by atoms with van der Waals surface area (Å²) in [6, 6.07) is 5.64. The number of benzene rings is 1. The topological polar surface area (TPSA) is 47.6 Å². The first-order valence-corrected chi connectivity index (χ1v) is 9.64. The summed E-state index contributed by atoms with van der Waals surface area (Å²) in [6.07, 6.45) is -0.438. The maximum atomic E-state index is 11.6. The van der Waals surface area contributed by atoms with Gasteiger partial charge >= 0.3 is 6.09 Å². The number of rotatable bonds is 3. The van der Waals surface area contributed by atoms with Crippen LogP contribution in [0.2, 0.25) is 0 Å². The molecule has 0 radical (unpaired) electrons. The molecule has 0 spiro atoms. The molecule has 0 saturated carbocycles. The van der Waals surface area contributed by atoms with E-state index in [1.165, 1.54) is 8.93 Å². The van der Waals surface area contributed by atoms with Crippen LogP contribution < -0.4 is 10.1 Å². The van der Waals surface area contributed by atoms with Gasteiger partial charge in [0.2, 0.25) is 0 Å². The van der Waals surface area contributed by atoms with E-state index in [2.05, 4.69) is 37.7 Å². The molecule has 4 nitrogen and oxygen atoms in total. The Bertz CT molecular complexity index is 558. The molecule has 6 heteroatoms. The lowest BCUT2D eigenvalue weighted by atomic mass is 10.1. The lowest BCUT2D eigenvalue weighted by Gasteiger charge is -2.19. The average Bonchev–Trinajstić information content (AvgIpc) is 2.41. The second-order valence-electron chi connectivity index (χ2n) is 5.19. The number of carbonyl (C=O) groups excluding carboxylic acids is 1. The van der Waals surface area contributed by atoms with Gasteiger partial charge in [-0.25, -0.2) is 4.79 Å². The molecule has 0 fully saturated rings. The number of hydrogen-bond donors (Lipinski definition) is 1. The van der Waals surface area contributed by atoms with E-state index in [9.17, 15) is 4.79 Å². The van der Waals surface area contributed by atoms with E-state index in [-0.39, 0.29) is 0 Å². The third kappa shape index (κ3) is 6.96. The van der Waals surface area contributed by atoms with Crippen LogP contribution in [0.15, 0.2) is 18.2 Å². The van der Waals surface area contributed by atoms with Crippen molar-refractivity contribution in [3.63, 3.8) is 0 Å². The monoisotopic (exact) mass is 419 g/mol. The smallest absolute Gasteiger partial charge is 0.407 e. The van der Waals surface area contributed by atoms with Gasteiger partial charge in [-0.05, 0) is 52.7 Å². The molecule has 1 aromatic rings. The molecular formula is C15H18INO3S. The van der Waals surface area contributed by atoms with Crippen molar-refractivity contribution in [2.75, 3.05) is 7.11 Å². The molecule has 0 aliphatic carbocycles. The van der Waals surface area contributed by atoms with Crippen molar-refractivity contribution in [2.24, 2.45) is 0 Å². The van der Waals surface area contributed by atoms with E-state index in [0.29, 0.717) is 12.3 Å². The maximum absolute atomic E-state index is 11.6. The van der Waals surface area contributed by atoms with Crippen LogP contribution in [-0.4, -0.2) is 18.8 Å². The fourth-order valence-electron chi connectivity index (χ4n) is 1.51. The minimum Gasteiger partial charge on any atom is -0.495 e. The number of halogens is 1. The summed E-state index contributed by atoms with van der Waals surface area (Å²) >= 11 is 2.12. The van der Waals surface area contributed by atoms with Crippen LogP contribution >= 0.6 is 30.1 Å². The lowest BCUT2D eigenvalue weighted by molar-refractivity contribution is 0.0523. The van der Waals surface area contributed by atoms with Crippen LogP contribution in [0.4, 0.5) is 4.79 Å². The number of ether oxygens (including phenoxy) is 2. The van der Waals surface area contributed by atoms with Crippen LogP contribution in [0.1, 0.15) is 31.9 Å². The third-order valence-corrected chi connectivity index (χ3v) is 3.17. The number of methoxy groups -OCH3 is 1. The van der Waals surface area contributed by atoms with Crippen molar-refractivity contribution in [1.82, 2.24) is 5.32 Å². The van der Waals surface area contributed by atoms with E-state index >= 15 is 0 Å². The van der Waals surface area contributed by atoms with Crippen LogP contribution in [0.25, 0.3) is 0 Å². The van der Waals surface area contributed by atoms with Crippen molar-refractivity contribution in [1.29, 1.82) is 0 Å². The van der Waals surface area contributed by atoms with Gasteiger partial charge < -0.3 is 14.8 Å². The van der Waals surface area contributed by atoms with Crippen LogP contribution in [0.5, 0.6) is 5.75 Å². The summed E-state index contributed by atoms with van der Waals surface area (Å²) in [6.45, 7) is 5.86. The SMILES string of the molecule is COc1cc(CNC(=O)OC(C)(C)C)ccc1C#CSI. The molecule has 0 unspecified atom stereocenters. The first-order chi connectivity index (χ1) is 9.85. The Kier molecular flexibility index (Phi) is 7.18. The molecule has 0 aliphatic heterocycles. The summed E-state index contributed by atoms with van der Waals surface area (Å²) in [4.78, 5) is 11.6. The second kappa shape index (κ2) is 8.39. The largest absolute Gasteiger partial charge is 0.495 e. The molecule has 0 bridgehead atoms. The number of carbonyl (C=O) groups is 1. The van der Waals surface area contributed by atoms with Gasteiger partial charge in [-0.15, -0.1) is 0 Å². The zero-order valence-electron chi connectivity index (χ0n) is 12.5. The Morgan fingerprint density at radius 1 is 1.43 bits per heavy atom. The van der Waals surface area contributed by atoms with Gasteiger partial charge in [0, 0.05) is 27.8 Å². The van der Waals surface area contributed by atoms with Gasteiger partial charge in [-0.3, -0.25) is 0 Å². The zero-order valence-corrected chi connectivity index (χ0v) is 15.4. The Morgan fingerprint density at radius 3 is 2.71 bits per heavy atom. The van der Waals surface area contributed by atoms with Crippen molar-refractivity contribution in [2.45, 2.75) is 32.9 Å². The Hall–Kier alpha value is -1.07. The maximum Gasteiger partial charge on any atom is 0.407 e. The predicted molar refractivity (Wildman–Crippen MR) is 94.6 cm³/mol. The third-order valence-electron chi connectivity index (χ3n) is 2.33. The van der Waals surface area contributed by atoms with Crippen molar-refractivity contribution in [3.05, 3.63) is 29.3 Å². The van der Waals surface area contributed by atoms with E-state index in [1.54, 1.807) is 7.11 Å². The Labute approximate surface area is 141 Å². The molecule has 1 rings (SSSR count). The number of amides is 1. The van der Waals surface area contributed by atoms with Gasteiger partial charge in [0.15, 0.2) is 0 Å². The predicted octanol–water partition coefficient (Wildman–Crippen LogP) is 4.11.